The van der Waals surface area contributed by atoms with Gasteiger partial charge < -0.3 is 9.72 Å². The van der Waals surface area contributed by atoms with Gasteiger partial charge in [-0.05, 0) is 19.4 Å². The summed E-state index contributed by atoms with van der Waals surface area (Å²) in [4.78, 5) is 25.7. The van der Waals surface area contributed by atoms with Gasteiger partial charge in [0.15, 0.2) is 0 Å². The largest absolute Gasteiger partial charge is 0.465 e. The third kappa shape index (κ3) is 2.63. The summed E-state index contributed by atoms with van der Waals surface area (Å²) in [6.07, 6.45) is 0. The minimum absolute atomic E-state index is 0.0418. The Morgan fingerprint density at radius 3 is 2.95 bits per heavy atom. The Kier molecular flexibility index (Phi) is 3.90. The summed E-state index contributed by atoms with van der Waals surface area (Å²) in [7, 11) is 0. The van der Waals surface area contributed by atoms with Gasteiger partial charge in [0, 0.05) is 17.3 Å². The normalized spacial score (nSPS) is 10.9. The predicted octanol–water partition coefficient (Wildman–Crippen LogP) is 1.33. The van der Waals surface area contributed by atoms with Gasteiger partial charge in [0.05, 0.1) is 12.3 Å². The Balaban J connectivity index is 2.54. The fourth-order valence-corrected chi connectivity index (χ4v) is 2.24. The number of fused-ring (bicyclic) bond motifs is 1. The van der Waals surface area contributed by atoms with E-state index in [9.17, 15) is 9.59 Å². The van der Waals surface area contributed by atoms with E-state index in [4.69, 9.17) is 16.3 Å². The second-order valence-electron chi connectivity index (χ2n) is 4.06. The van der Waals surface area contributed by atoms with Crippen LogP contribution in [0.1, 0.15) is 18.2 Å². The van der Waals surface area contributed by atoms with Gasteiger partial charge in [-0.1, -0.05) is 0 Å². The first kappa shape index (κ1) is 13.6. The molecule has 2 aromatic heterocycles. The molecule has 0 aromatic carbocycles. The van der Waals surface area contributed by atoms with Gasteiger partial charge in [-0.3, -0.25) is 9.59 Å². The summed E-state index contributed by atoms with van der Waals surface area (Å²) in [5.74, 6) is -0.184. The lowest BCUT2D eigenvalue weighted by molar-refractivity contribution is -0.143. The van der Waals surface area contributed by atoms with Gasteiger partial charge in [0.1, 0.15) is 12.2 Å². The minimum atomic E-state index is -0.399. The molecule has 0 unspecified atom stereocenters. The van der Waals surface area contributed by atoms with Crippen LogP contribution in [0.4, 0.5) is 0 Å². The molecule has 0 saturated heterocycles. The number of H-pyrrole nitrogens is 1. The monoisotopic (exact) mass is 283 g/mol. The van der Waals surface area contributed by atoms with E-state index in [0.29, 0.717) is 23.5 Å². The average Bonchev–Trinajstić information content (AvgIpc) is 2.65. The molecule has 0 aliphatic carbocycles. The molecule has 0 atom stereocenters. The van der Waals surface area contributed by atoms with Crippen LogP contribution in [0.3, 0.4) is 0 Å². The zero-order valence-electron chi connectivity index (χ0n) is 10.7. The summed E-state index contributed by atoms with van der Waals surface area (Å²) in [5, 5.41) is 5.03. The maximum Gasteiger partial charge on any atom is 0.327 e. The van der Waals surface area contributed by atoms with Gasteiger partial charge >= 0.3 is 5.97 Å². The van der Waals surface area contributed by atoms with Crippen molar-refractivity contribution in [2.24, 2.45) is 0 Å². The van der Waals surface area contributed by atoms with Crippen molar-refractivity contribution in [3.63, 3.8) is 0 Å². The van der Waals surface area contributed by atoms with E-state index in [0.717, 1.165) is 5.39 Å². The van der Waals surface area contributed by atoms with E-state index in [1.165, 1.54) is 10.7 Å². The van der Waals surface area contributed by atoms with Crippen LogP contribution in [-0.4, -0.2) is 27.3 Å². The molecule has 0 aliphatic rings. The number of nitrogens with one attached hydrogen (secondary N) is 1. The van der Waals surface area contributed by atoms with E-state index in [1.54, 1.807) is 13.8 Å². The lowest BCUT2D eigenvalue weighted by Crippen LogP contribution is -2.16. The predicted molar refractivity (Wildman–Crippen MR) is 71.3 cm³/mol. The van der Waals surface area contributed by atoms with Crippen LogP contribution in [0.2, 0.25) is 0 Å². The molecule has 0 amide bonds. The lowest BCUT2D eigenvalue weighted by Gasteiger charge is -2.03. The van der Waals surface area contributed by atoms with Gasteiger partial charge in [0.25, 0.3) is 0 Å². The Morgan fingerprint density at radius 2 is 2.32 bits per heavy atom. The first-order valence-corrected chi connectivity index (χ1v) is 6.41. The molecule has 0 saturated carbocycles. The van der Waals surface area contributed by atoms with Crippen LogP contribution in [0.15, 0.2) is 10.9 Å². The molecular formula is C12H14ClN3O3. The zero-order chi connectivity index (χ0) is 14.0. The summed E-state index contributed by atoms with van der Waals surface area (Å²) in [5.41, 5.74) is 1.64. The fourth-order valence-electron chi connectivity index (χ4n) is 2.02. The Bertz CT molecular complexity index is 675. The maximum absolute atomic E-state index is 11.6. The van der Waals surface area contributed by atoms with Gasteiger partial charge in [0.2, 0.25) is 5.56 Å². The standard InChI is InChI=1S/C12H14ClN3O3/c1-3-19-10(18)6-16-12-11(7(2)15-16)8(5-13)4-9(17)14-12/h4H,3,5-6H2,1-2H3,(H,14,17). The van der Waals surface area contributed by atoms with E-state index in [-0.39, 0.29) is 18.0 Å². The molecule has 1 N–H and O–H groups in total. The van der Waals surface area contributed by atoms with Gasteiger partial charge in [-0.15, -0.1) is 11.6 Å². The maximum atomic E-state index is 11.6. The highest BCUT2D eigenvalue weighted by molar-refractivity contribution is 6.18. The molecule has 2 heterocycles. The molecule has 0 spiro atoms. The van der Waals surface area contributed by atoms with Crippen molar-refractivity contribution in [3.05, 3.63) is 27.7 Å². The molecule has 2 aromatic rings. The number of carbonyl (C=O) groups is 1. The van der Waals surface area contributed by atoms with E-state index in [1.807, 2.05) is 0 Å². The second kappa shape index (κ2) is 5.44. The number of hydrogen-bond donors (Lipinski definition) is 1. The molecule has 7 heteroatoms. The summed E-state index contributed by atoms with van der Waals surface area (Å²) in [6.45, 7) is 3.80. The van der Waals surface area contributed by atoms with Crippen LogP contribution in [0.25, 0.3) is 11.0 Å². The number of aryl methyl sites for hydroxylation is 1. The molecule has 19 heavy (non-hydrogen) atoms. The van der Waals surface area contributed by atoms with E-state index >= 15 is 0 Å². The third-order valence-electron chi connectivity index (χ3n) is 2.72. The summed E-state index contributed by atoms with van der Waals surface area (Å²) in [6, 6.07) is 1.44. The van der Waals surface area contributed by atoms with Crippen molar-refractivity contribution in [2.75, 3.05) is 6.61 Å². The summed E-state index contributed by atoms with van der Waals surface area (Å²) >= 11 is 5.83. The smallest absolute Gasteiger partial charge is 0.327 e. The highest BCUT2D eigenvalue weighted by atomic mass is 35.5. The topological polar surface area (TPSA) is 77.0 Å². The Morgan fingerprint density at radius 1 is 1.58 bits per heavy atom. The lowest BCUT2D eigenvalue weighted by atomic mass is 10.2. The zero-order valence-corrected chi connectivity index (χ0v) is 11.5. The van der Waals surface area contributed by atoms with Crippen LogP contribution >= 0.6 is 11.6 Å². The number of nitrogens with zero attached hydrogens (tertiary/aromatic N) is 2. The van der Waals surface area contributed by atoms with Crippen LogP contribution in [0.5, 0.6) is 0 Å². The molecule has 102 valence electrons. The number of ether oxygens (including phenoxy) is 1. The van der Waals surface area contributed by atoms with Gasteiger partial charge in [-0.2, -0.15) is 5.10 Å². The molecule has 0 fully saturated rings. The quantitative estimate of drug-likeness (QED) is 0.678. The number of halogens is 1. The van der Waals surface area contributed by atoms with Crippen molar-refractivity contribution in [3.8, 4) is 0 Å². The number of alkyl halides is 1. The number of pyridine rings is 1. The van der Waals surface area contributed by atoms with Crippen molar-refractivity contribution in [1.82, 2.24) is 14.8 Å². The number of aromatic amines is 1. The highest BCUT2D eigenvalue weighted by Crippen LogP contribution is 2.20. The highest BCUT2D eigenvalue weighted by Gasteiger charge is 2.15. The number of hydrogen-bond acceptors (Lipinski definition) is 4. The molecular weight excluding hydrogens is 270 g/mol. The minimum Gasteiger partial charge on any atom is -0.465 e. The first-order chi connectivity index (χ1) is 9.06. The number of esters is 1. The van der Waals surface area contributed by atoms with Crippen LogP contribution in [-0.2, 0) is 22.0 Å². The molecule has 0 bridgehead atoms. The summed E-state index contributed by atoms with van der Waals surface area (Å²) < 4.78 is 6.30. The Hall–Kier alpha value is -1.82. The fraction of sp³-hybridized carbons (Fsp3) is 0.417. The van der Waals surface area contributed by atoms with E-state index < -0.39 is 5.97 Å². The third-order valence-corrected chi connectivity index (χ3v) is 3.01. The molecule has 2 rings (SSSR count). The van der Waals surface area contributed by atoms with Gasteiger partial charge in [-0.25, -0.2) is 4.68 Å². The molecule has 6 nitrogen and oxygen atoms in total. The number of rotatable bonds is 4. The SMILES string of the molecule is CCOC(=O)Cn1nc(C)c2c(CCl)cc(=O)[nH]c21. The number of aromatic nitrogens is 3. The molecule has 0 radical (unpaired) electrons. The average molecular weight is 284 g/mol. The second-order valence-corrected chi connectivity index (χ2v) is 4.33. The van der Waals surface area contributed by atoms with Crippen LogP contribution < -0.4 is 5.56 Å². The first-order valence-electron chi connectivity index (χ1n) is 5.87. The van der Waals surface area contributed by atoms with Crippen molar-refractivity contribution in [1.29, 1.82) is 0 Å². The van der Waals surface area contributed by atoms with Crippen molar-refractivity contribution in [2.45, 2.75) is 26.3 Å². The number of carbonyl (C=O) groups excluding carboxylic acids is 1. The van der Waals surface area contributed by atoms with Crippen LogP contribution in [0, 0.1) is 6.92 Å². The van der Waals surface area contributed by atoms with E-state index in [2.05, 4.69) is 10.1 Å². The van der Waals surface area contributed by atoms with Crippen molar-refractivity contribution < 1.29 is 9.53 Å². The van der Waals surface area contributed by atoms with Crippen molar-refractivity contribution >= 4 is 28.6 Å². The Labute approximate surface area is 114 Å². The molecule has 0 aliphatic heterocycles.